The lowest BCUT2D eigenvalue weighted by Gasteiger charge is -2.11. The monoisotopic (exact) mass is 409 g/mol. The molecule has 0 radical (unpaired) electrons. The summed E-state index contributed by atoms with van der Waals surface area (Å²) in [6, 6.07) is 11.7. The van der Waals surface area contributed by atoms with Gasteiger partial charge in [-0.3, -0.25) is 14.8 Å². The first-order chi connectivity index (χ1) is 14.3. The fourth-order valence-electron chi connectivity index (χ4n) is 3.18. The molecule has 30 heavy (non-hydrogen) atoms. The Morgan fingerprint density at radius 2 is 1.93 bits per heavy atom. The van der Waals surface area contributed by atoms with E-state index in [1.807, 2.05) is 43.7 Å². The lowest BCUT2D eigenvalue weighted by Crippen LogP contribution is -2.20. The van der Waals surface area contributed by atoms with Gasteiger partial charge in [-0.1, -0.05) is 29.8 Å². The van der Waals surface area contributed by atoms with Gasteiger partial charge in [0.05, 0.1) is 47.4 Å². The van der Waals surface area contributed by atoms with Gasteiger partial charge in [-0.25, -0.2) is 4.79 Å². The van der Waals surface area contributed by atoms with E-state index in [-0.39, 0.29) is 11.4 Å². The molecule has 3 aromatic rings. The number of nitro benzene ring substituents is 1. The second kappa shape index (κ2) is 8.64. The van der Waals surface area contributed by atoms with Crippen LogP contribution in [0, 0.1) is 30.9 Å². The van der Waals surface area contributed by atoms with Crippen LogP contribution in [0.4, 0.5) is 21.9 Å². The molecule has 2 N–H and O–H groups in total. The number of methoxy groups -OCH3 is 1. The quantitative estimate of drug-likeness (QED) is 0.462. The van der Waals surface area contributed by atoms with Crippen LogP contribution < -0.4 is 15.4 Å². The molecule has 2 amide bonds. The second-order valence-corrected chi connectivity index (χ2v) is 6.91. The normalized spacial score (nSPS) is 10.5. The van der Waals surface area contributed by atoms with Crippen LogP contribution in [0.5, 0.6) is 5.75 Å². The number of benzene rings is 2. The first-order valence-corrected chi connectivity index (χ1v) is 9.28. The fourth-order valence-corrected chi connectivity index (χ4v) is 3.18. The molecule has 9 heteroatoms. The van der Waals surface area contributed by atoms with Gasteiger partial charge in [-0.05, 0) is 32.4 Å². The van der Waals surface area contributed by atoms with Crippen LogP contribution in [-0.2, 0) is 6.54 Å². The maximum Gasteiger partial charge on any atom is 0.323 e. The van der Waals surface area contributed by atoms with Gasteiger partial charge in [0, 0.05) is 6.07 Å². The maximum absolute atomic E-state index is 12.5. The van der Waals surface area contributed by atoms with Crippen molar-refractivity contribution in [2.24, 2.45) is 0 Å². The third-order valence-electron chi connectivity index (χ3n) is 4.68. The molecular weight excluding hydrogens is 386 g/mol. The molecule has 156 valence electrons. The highest BCUT2D eigenvalue weighted by Crippen LogP contribution is 2.29. The van der Waals surface area contributed by atoms with E-state index < -0.39 is 11.0 Å². The zero-order chi connectivity index (χ0) is 21.8. The number of rotatable bonds is 6. The number of urea groups is 1. The zero-order valence-electron chi connectivity index (χ0n) is 17.2. The topological polar surface area (TPSA) is 111 Å². The van der Waals surface area contributed by atoms with Gasteiger partial charge in [0.2, 0.25) is 0 Å². The highest BCUT2D eigenvalue weighted by Gasteiger charge is 2.17. The molecule has 1 aromatic heterocycles. The Hall–Kier alpha value is -3.88. The van der Waals surface area contributed by atoms with Crippen molar-refractivity contribution in [3.05, 3.63) is 75.1 Å². The van der Waals surface area contributed by atoms with Gasteiger partial charge in [0.15, 0.2) is 0 Å². The molecule has 0 aliphatic rings. The first-order valence-electron chi connectivity index (χ1n) is 9.28. The number of hydrogen-bond acceptors (Lipinski definition) is 5. The molecule has 0 aliphatic heterocycles. The number of nitrogens with one attached hydrogen (secondary N) is 2. The van der Waals surface area contributed by atoms with Crippen molar-refractivity contribution in [1.29, 1.82) is 0 Å². The average molecular weight is 409 g/mol. The Labute approximate surface area is 173 Å². The standard InChI is InChI=1S/C21H23N5O4/c1-13-6-5-7-16(10-13)12-25-15(3)20(14(2)24-25)23-21(27)22-18-9-8-17(26(28)29)11-19(18)30-4/h5-11H,12H2,1-4H3,(H2,22,23,27). The van der Waals surface area contributed by atoms with Crippen LogP contribution in [0.2, 0.25) is 0 Å². The number of aromatic nitrogens is 2. The van der Waals surface area contributed by atoms with Gasteiger partial charge < -0.3 is 15.4 Å². The van der Waals surface area contributed by atoms with Crippen LogP contribution >= 0.6 is 0 Å². The summed E-state index contributed by atoms with van der Waals surface area (Å²) in [4.78, 5) is 22.9. The summed E-state index contributed by atoms with van der Waals surface area (Å²) in [6.07, 6.45) is 0. The molecule has 0 unspecified atom stereocenters. The smallest absolute Gasteiger partial charge is 0.323 e. The summed E-state index contributed by atoms with van der Waals surface area (Å²) in [5.74, 6) is 0.197. The third-order valence-corrected chi connectivity index (χ3v) is 4.68. The summed E-state index contributed by atoms with van der Waals surface area (Å²) < 4.78 is 6.99. The SMILES string of the molecule is COc1cc([N+](=O)[O-])ccc1NC(=O)Nc1c(C)nn(Cc2cccc(C)c2)c1C. The highest BCUT2D eigenvalue weighted by molar-refractivity contribution is 6.01. The number of non-ortho nitro benzene ring substituents is 1. The summed E-state index contributed by atoms with van der Waals surface area (Å²) in [6.45, 7) is 6.34. The summed E-state index contributed by atoms with van der Waals surface area (Å²) in [5, 5.41) is 20.9. The molecule has 0 saturated carbocycles. The predicted octanol–water partition coefficient (Wildman–Crippen LogP) is 4.42. The number of amides is 2. The Morgan fingerprint density at radius 3 is 2.60 bits per heavy atom. The second-order valence-electron chi connectivity index (χ2n) is 6.91. The van der Waals surface area contributed by atoms with E-state index in [9.17, 15) is 14.9 Å². The molecule has 9 nitrogen and oxygen atoms in total. The van der Waals surface area contributed by atoms with E-state index >= 15 is 0 Å². The van der Waals surface area contributed by atoms with Crippen LogP contribution in [-0.4, -0.2) is 27.8 Å². The summed E-state index contributed by atoms with van der Waals surface area (Å²) >= 11 is 0. The maximum atomic E-state index is 12.5. The summed E-state index contributed by atoms with van der Waals surface area (Å²) in [5.41, 5.74) is 4.60. The number of aryl methyl sites for hydroxylation is 2. The van der Waals surface area contributed by atoms with Crippen LogP contribution in [0.15, 0.2) is 42.5 Å². The first kappa shape index (κ1) is 20.8. The van der Waals surface area contributed by atoms with E-state index in [0.717, 1.165) is 11.3 Å². The molecule has 0 bridgehead atoms. The van der Waals surface area contributed by atoms with Crippen molar-refractivity contribution in [1.82, 2.24) is 9.78 Å². The molecule has 0 saturated heterocycles. The van der Waals surface area contributed by atoms with Crippen LogP contribution in [0.3, 0.4) is 0 Å². The van der Waals surface area contributed by atoms with Crippen molar-refractivity contribution >= 4 is 23.1 Å². The van der Waals surface area contributed by atoms with E-state index in [1.165, 1.54) is 30.9 Å². The van der Waals surface area contributed by atoms with Gasteiger partial charge in [-0.2, -0.15) is 5.10 Å². The molecular formula is C21H23N5O4. The van der Waals surface area contributed by atoms with Crippen LogP contribution in [0.1, 0.15) is 22.5 Å². The molecule has 1 heterocycles. The highest BCUT2D eigenvalue weighted by atomic mass is 16.6. The molecule has 0 spiro atoms. The van der Waals surface area contributed by atoms with Gasteiger partial charge in [0.1, 0.15) is 5.75 Å². The number of anilines is 2. The van der Waals surface area contributed by atoms with Gasteiger partial charge in [-0.15, -0.1) is 0 Å². The minimum atomic E-state index is -0.526. The van der Waals surface area contributed by atoms with Crippen molar-refractivity contribution in [2.45, 2.75) is 27.3 Å². The molecule has 3 rings (SSSR count). The molecule has 0 aliphatic carbocycles. The third kappa shape index (κ3) is 4.57. The Kier molecular flexibility index (Phi) is 6.01. The largest absolute Gasteiger partial charge is 0.494 e. The number of hydrogen-bond donors (Lipinski definition) is 2. The lowest BCUT2D eigenvalue weighted by atomic mass is 10.1. The van der Waals surface area contributed by atoms with Crippen molar-refractivity contribution in [3.8, 4) is 5.75 Å². The number of nitro groups is 1. The zero-order valence-corrected chi connectivity index (χ0v) is 17.2. The Balaban J connectivity index is 1.76. The van der Waals surface area contributed by atoms with Crippen molar-refractivity contribution in [2.75, 3.05) is 17.7 Å². The number of nitrogens with zero attached hydrogens (tertiary/aromatic N) is 3. The molecule has 0 fully saturated rings. The minimum absolute atomic E-state index is 0.123. The Morgan fingerprint density at radius 1 is 1.17 bits per heavy atom. The number of carbonyl (C=O) groups excluding carboxylic acids is 1. The predicted molar refractivity (Wildman–Crippen MR) is 114 cm³/mol. The van der Waals surface area contributed by atoms with E-state index in [0.29, 0.717) is 23.6 Å². The lowest BCUT2D eigenvalue weighted by molar-refractivity contribution is -0.384. The van der Waals surface area contributed by atoms with E-state index in [1.54, 1.807) is 0 Å². The Bertz CT molecular complexity index is 1110. The van der Waals surface area contributed by atoms with Gasteiger partial charge in [0.25, 0.3) is 5.69 Å². The molecule has 0 atom stereocenters. The van der Waals surface area contributed by atoms with Crippen molar-refractivity contribution < 1.29 is 14.5 Å². The van der Waals surface area contributed by atoms with E-state index in [4.69, 9.17) is 4.74 Å². The fraction of sp³-hybridized carbons (Fsp3) is 0.238. The minimum Gasteiger partial charge on any atom is -0.494 e. The summed E-state index contributed by atoms with van der Waals surface area (Å²) in [7, 11) is 1.38. The number of ether oxygens (including phenoxy) is 1. The average Bonchev–Trinajstić information content (AvgIpc) is 2.95. The van der Waals surface area contributed by atoms with Crippen molar-refractivity contribution in [3.63, 3.8) is 0 Å². The number of carbonyl (C=O) groups is 1. The van der Waals surface area contributed by atoms with Crippen LogP contribution in [0.25, 0.3) is 0 Å². The van der Waals surface area contributed by atoms with Gasteiger partial charge >= 0.3 is 6.03 Å². The van der Waals surface area contributed by atoms with E-state index in [2.05, 4.69) is 21.8 Å². The molecule has 2 aromatic carbocycles.